The molecule has 1 aromatic rings. The summed E-state index contributed by atoms with van der Waals surface area (Å²) < 4.78 is 1.70. The average molecular weight is 295 g/mol. The third-order valence-electron chi connectivity index (χ3n) is 3.97. The summed E-state index contributed by atoms with van der Waals surface area (Å²) in [4.78, 5) is 25.2. The minimum Gasteiger partial charge on any atom is -0.480 e. The number of urea groups is 1. The van der Waals surface area contributed by atoms with Gasteiger partial charge in [-0.25, -0.2) is 9.59 Å². The molecule has 1 unspecified atom stereocenters. The molecule has 2 heterocycles. The predicted molar refractivity (Wildman–Crippen MR) is 74.4 cm³/mol. The number of nitrogens with one attached hydrogen (secondary N) is 1. The summed E-state index contributed by atoms with van der Waals surface area (Å²) in [5.74, 6) is -0.347. The van der Waals surface area contributed by atoms with E-state index in [0.29, 0.717) is 12.4 Å². The van der Waals surface area contributed by atoms with Gasteiger partial charge in [0.05, 0.1) is 6.54 Å². The number of amides is 2. The number of likely N-dealkylation sites (tertiary alicyclic amines) is 1. The summed E-state index contributed by atoms with van der Waals surface area (Å²) in [6.07, 6.45) is 3.14. The highest BCUT2D eigenvalue weighted by Gasteiger charge is 2.44. The normalized spacial score (nSPS) is 21.1. The van der Waals surface area contributed by atoms with E-state index in [2.05, 4.69) is 15.5 Å². The van der Waals surface area contributed by atoms with E-state index in [4.69, 9.17) is 0 Å². The van der Waals surface area contributed by atoms with E-state index in [9.17, 15) is 14.7 Å². The molecule has 8 heteroatoms. The highest BCUT2D eigenvalue weighted by Crippen LogP contribution is 2.35. The van der Waals surface area contributed by atoms with Crippen LogP contribution in [0.5, 0.6) is 0 Å². The van der Waals surface area contributed by atoms with Gasteiger partial charge in [-0.1, -0.05) is 13.8 Å². The zero-order valence-corrected chi connectivity index (χ0v) is 12.5. The van der Waals surface area contributed by atoms with Crippen molar-refractivity contribution in [1.29, 1.82) is 0 Å². The molecule has 116 valence electrons. The number of rotatable bonds is 3. The average Bonchev–Trinajstić information content (AvgIpc) is 2.79. The fourth-order valence-corrected chi connectivity index (χ4v) is 2.80. The van der Waals surface area contributed by atoms with Crippen molar-refractivity contribution in [1.82, 2.24) is 25.0 Å². The number of carboxylic acid groups (broad SMARTS) is 1. The molecule has 2 rings (SSSR count). The van der Waals surface area contributed by atoms with Crippen LogP contribution in [0.15, 0.2) is 6.33 Å². The van der Waals surface area contributed by atoms with Crippen molar-refractivity contribution in [2.45, 2.75) is 39.3 Å². The summed E-state index contributed by atoms with van der Waals surface area (Å²) in [6.45, 7) is 4.44. The molecule has 0 aliphatic carbocycles. The first-order valence-electron chi connectivity index (χ1n) is 6.93. The molecular formula is C13H21N5O3. The SMILES string of the molecule is Cn1cnnc1CNC(=O)N1CCCC(C)(C)C1C(=O)O. The number of aromatic nitrogens is 3. The highest BCUT2D eigenvalue weighted by atomic mass is 16.4. The largest absolute Gasteiger partial charge is 0.480 e. The molecular weight excluding hydrogens is 274 g/mol. The number of hydrogen-bond donors (Lipinski definition) is 2. The van der Waals surface area contributed by atoms with Crippen LogP contribution in [0.25, 0.3) is 0 Å². The van der Waals surface area contributed by atoms with E-state index in [1.165, 1.54) is 4.90 Å². The third-order valence-corrected chi connectivity index (χ3v) is 3.97. The minimum absolute atomic E-state index is 0.221. The van der Waals surface area contributed by atoms with Gasteiger partial charge < -0.3 is 19.9 Å². The monoisotopic (exact) mass is 295 g/mol. The zero-order chi connectivity index (χ0) is 15.6. The number of hydrogen-bond acceptors (Lipinski definition) is 4. The topological polar surface area (TPSA) is 100 Å². The number of aliphatic carboxylic acids is 1. The lowest BCUT2D eigenvalue weighted by atomic mass is 9.76. The Balaban J connectivity index is 2.06. The standard InChI is InChI=1S/C13H21N5O3/c1-13(2)5-4-6-18(10(13)11(19)20)12(21)14-7-9-16-15-8-17(9)3/h8,10H,4-7H2,1-3H3,(H,14,21)(H,19,20). The smallest absolute Gasteiger partial charge is 0.327 e. The molecule has 1 fully saturated rings. The van der Waals surface area contributed by atoms with Gasteiger partial charge in [0.2, 0.25) is 0 Å². The Labute approximate surface area is 123 Å². The molecule has 1 aliphatic heterocycles. The van der Waals surface area contributed by atoms with E-state index in [1.54, 1.807) is 17.9 Å². The van der Waals surface area contributed by atoms with E-state index in [0.717, 1.165) is 12.8 Å². The lowest BCUT2D eigenvalue weighted by molar-refractivity contribution is -0.148. The number of piperidine rings is 1. The highest BCUT2D eigenvalue weighted by molar-refractivity contribution is 5.83. The first kappa shape index (κ1) is 15.3. The minimum atomic E-state index is -0.964. The van der Waals surface area contributed by atoms with Crippen molar-refractivity contribution in [3.05, 3.63) is 12.2 Å². The van der Waals surface area contributed by atoms with Gasteiger partial charge in [0.1, 0.15) is 12.4 Å². The molecule has 0 bridgehead atoms. The maximum Gasteiger partial charge on any atom is 0.327 e. The molecule has 0 spiro atoms. The van der Waals surface area contributed by atoms with Crippen LogP contribution in [0.4, 0.5) is 4.79 Å². The van der Waals surface area contributed by atoms with Crippen molar-refractivity contribution in [3.8, 4) is 0 Å². The van der Waals surface area contributed by atoms with Gasteiger partial charge >= 0.3 is 12.0 Å². The van der Waals surface area contributed by atoms with Crippen LogP contribution in [0, 0.1) is 5.41 Å². The number of nitrogens with zero attached hydrogens (tertiary/aromatic N) is 4. The molecule has 0 radical (unpaired) electrons. The fraction of sp³-hybridized carbons (Fsp3) is 0.692. The lowest BCUT2D eigenvalue weighted by Gasteiger charge is -2.43. The molecule has 0 saturated carbocycles. The molecule has 1 atom stereocenters. The van der Waals surface area contributed by atoms with Crippen molar-refractivity contribution < 1.29 is 14.7 Å². The Kier molecular flexibility index (Phi) is 4.15. The first-order chi connectivity index (χ1) is 9.83. The van der Waals surface area contributed by atoms with Gasteiger partial charge in [-0.15, -0.1) is 10.2 Å². The summed E-state index contributed by atoms with van der Waals surface area (Å²) in [7, 11) is 1.78. The molecule has 21 heavy (non-hydrogen) atoms. The molecule has 2 amide bonds. The van der Waals surface area contributed by atoms with Crippen molar-refractivity contribution >= 4 is 12.0 Å². The zero-order valence-electron chi connectivity index (χ0n) is 12.5. The van der Waals surface area contributed by atoms with Crippen LogP contribution in [0.2, 0.25) is 0 Å². The number of carbonyl (C=O) groups is 2. The van der Waals surface area contributed by atoms with Gasteiger partial charge in [0.25, 0.3) is 0 Å². The Bertz CT molecular complexity index is 540. The second-order valence-electron chi connectivity index (χ2n) is 6.04. The number of carboxylic acids is 1. The van der Waals surface area contributed by atoms with Crippen LogP contribution < -0.4 is 5.32 Å². The van der Waals surface area contributed by atoms with Crippen molar-refractivity contribution in [3.63, 3.8) is 0 Å². The maximum absolute atomic E-state index is 12.3. The van der Waals surface area contributed by atoms with Crippen LogP contribution in [-0.2, 0) is 18.4 Å². The van der Waals surface area contributed by atoms with Gasteiger partial charge in [0.15, 0.2) is 5.82 Å². The second kappa shape index (κ2) is 5.71. The lowest BCUT2D eigenvalue weighted by Crippen LogP contribution is -2.58. The van der Waals surface area contributed by atoms with E-state index < -0.39 is 17.4 Å². The van der Waals surface area contributed by atoms with Crippen LogP contribution >= 0.6 is 0 Å². The summed E-state index contributed by atoms with van der Waals surface area (Å²) in [5, 5.41) is 19.8. The summed E-state index contributed by atoms with van der Waals surface area (Å²) in [5.41, 5.74) is -0.438. The van der Waals surface area contributed by atoms with Gasteiger partial charge in [0, 0.05) is 13.6 Å². The number of carbonyl (C=O) groups excluding carboxylic acids is 1. The molecule has 1 aliphatic rings. The molecule has 1 aromatic heterocycles. The Hall–Kier alpha value is -2.12. The van der Waals surface area contributed by atoms with E-state index >= 15 is 0 Å². The Morgan fingerprint density at radius 3 is 2.81 bits per heavy atom. The Morgan fingerprint density at radius 2 is 2.24 bits per heavy atom. The fourth-order valence-electron chi connectivity index (χ4n) is 2.80. The van der Waals surface area contributed by atoms with Gasteiger partial charge in [-0.2, -0.15) is 0 Å². The van der Waals surface area contributed by atoms with Crippen LogP contribution in [0.1, 0.15) is 32.5 Å². The maximum atomic E-state index is 12.3. The molecule has 2 N–H and O–H groups in total. The van der Waals surface area contributed by atoms with Gasteiger partial charge in [-0.3, -0.25) is 0 Å². The third kappa shape index (κ3) is 3.14. The van der Waals surface area contributed by atoms with Crippen LogP contribution in [0.3, 0.4) is 0 Å². The molecule has 1 saturated heterocycles. The predicted octanol–water partition coefficient (Wildman–Crippen LogP) is 0.600. The van der Waals surface area contributed by atoms with Gasteiger partial charge in [-0.05, 0) is 18.3 Å². The summed E-state index contributed by atoms with van der Waals surface area (Å²) in [6, 6.07) is -1.19. The second-order valence-corrected chi connectivity index (χ2v) is 6.04. The quantitative estimate of drug-likeness (QED) is 0.850. The van der Waals surface area contributed by atoms with Crippen molar-refractivity contribution in [2.75, 3.05) is 6.54 Å². The molecule has 0 aromatic carbocycles. The first-order valence-corrected chi connectivity index (χ1v) is 6.93. The van der Waals surface area contributed by atoms with E-state index in [1.807, 2.05) is 13.8 Å². The number of aryl methyl sites for hydroxylation is 1. The molecule has 8 nitrogen and oxygen atoms in total. The van der Waals surface area contributed by atoms with Crippen LogP contribution in [-0.4, -0.2) is 49.4 Å². The van der Waals surface area contributed by atoms with Crippen molar-refractivity contribution in [2.24, 2.45) is 12.5 Å². The van der Waals surface area contributed by atoms with E-state index in [-0.39, 0.29) is 12.6 Å². The summed E-state index contributed by atoms with van der Waals surface area (Å²) >= 11 is 0. The Morgan fingerprint density at radius 1 is 1.52 bits per heavy atom.